The average Bonchev–Trinajstić information content (AvgIpc) is 3.02. The summed E-state index contributed by atoms with van der Waals surface area (Å²) in [7, 11) is 0. The van der Waals surface area contributed by atoms with Gasteiger partial charge in [0.2, 0.25) is 0 Å². The maximum atomic E-state index is 14.8. The monoisotopic (exact) mass is 358 g/mol. The number of halogens is 1. The Morgan fingerprint density at radius 3 is 2.81 bits per heavy atom. The molecule has 26 heavy (non-hydrogen) atoms. The molecule has 0 spiro atoms. The first-order valence-electron chi connectivity index (χ1n) is 8.01. The number of aliphatic hydroxyl groups excluding tert-OH is 1. The number of rotatable bonds is 3. The SMILES string of the molecule is O=C1COc2c(cccc2-c2ccc(N3C[C@H](CO)OC3=O)cc2F)N1. The molecule has 4 rings (SSSR count). The van der Waals surface area contributed by atoms with Crippen molar-refractivity contribution in [2.75, 3.05) is 30.0 Å². The molecular weight excluding hydrogens is 343 g/mol. The Kier molecular flexibility index (Phi) is 3.96. The highest BCUT2D eigenvalue weighted by molar-refractivity contribution is 5.98. The molecule has 2 aromatic carbocycles. The summed E-state index contributed by atoms with van der Waals surface area (Å²) in [4.78, 5) is 24.5. The fourth-order valence-electron chi connectivity index (χ4n) is 3.04. The zero-order valence-electron chi connectivity index (χ0n) is 13.6. The smallest absolute Gasteiger partial charge is 0.414 e. The van der Waals surface area contributed by atoms with Crippen molar-refractivity contribution in [3.8, 4) is 16.9 Å². The van der Waals surface area contributed by atoms with E-state index in [1.807, 2.05) is 0 Å². The van der Waals surface area contributed by atoms with Crippen LogP contribution < -0.4 is 15.0 Å². The number of cyclic esters (lactones) is 1. The molecule has 0 aromatic heterocycles. The molecule has 2 N–H and O–H groups in total. The molecule has 0 unspecified atom stereocenters. The summed E-state index contributed by atoms with van der Waals surface area (Å²) in [5.41, 5.74) is 1.61. The van der Waals surface area contributed by atoms with Crippen LogP contribution in [-0.4, -0.2) is 43.0 Å². The summed E-state index contributed by atoms with van der Waals surface area (Å²) < 4.78 is 25.2. The van der Waals surface area contributed by atoms with Crippen LogP contribution in [-0.2, 0) is 9.53 Å². The first kappa shape index (κ1) is 16.3. The molecule has 134 valence electrons. The minimum Gasteiger partial charge on any atom is -0.481 e. The van der Waals surface area contributed by atoms with E-state index in [2.05, 4.69) is 5.32 Å². The highest BCUT2D eigenvalue weighted by Crippen LogP contribution is 2.40. The molecular formula is C18H15FN2O5. The first-order valence-corrected chi connectivity index (χ1v) is 8.01. The van der Waals surface area contributed by atoms with Gasteiger partial charge in [-0.25, -0.2) is 9.18 Å². The van der Waals surface area contributed by atoms with Gasteiger partial charge in [0.05, 0.1) is 24.5 Å². The lowest BCUT2D eigenvalue weighted by molar-refractivity contribution is -0.118. The van der Waals surface area contributed by atoms with Crippen LogP contribution in [0.1, 0.15) is 0 Å². The maximum Gasteiger partial charge on any atom is 0.414 e. The van der Waals surface area contributed by atoms with Gasteiger partial charge in [-0.05, 0) is 24.3 Å². The fourth-order valence-corrected chi connectivity index (χ4v) is 3.04. The number of benzene rings is 2. The molecule has 0 bridgehead atoms. The summed E-state index contributed by atoms with van der Waals surface area (Å²) in [6, 6.07) is 9.44. The van der Waals surface area contributed by atoms with Crippen molar-refractivity contribution in [3.63, 3.8) is 0 Å². The summed E-state index contributed by atoms with van der Waals surface area (Å²) in [6.07, 6.45) is -1.25. The van der Waals surface area contributed by atoms with Crippen LogP contribution in [0.2, 0.25) is 0 Å². The number of para-hydroxylation sites is 1. The molecule has 2 aliphatic rings. The van der Waals surface area contributed by atoms with E-state index in [0.717, 1.165) is 0 Å². The average molecular weight is 358 g/mol. The van der Waals surface area contributed by atoms with Crippen LogP contribution in [0, 0.1) is 5.82 Å². The number of hydrogen-bond acceptors (Lipinski definition) is 5. The molecule has 8 heteroatoms. The van der Waals surface area contributed by atoms with Gasteiger partial charge >= 0.3 is 6.09 Å². The van der Waals surface area contributed by atoms with Crippen molar-refractivity contribution in [2.24, 2.45) is 0 Å². The molecule has 0 radical (unpaired) electrons. The Hall–Kier alpha value is -3.13. The summed E-state index contributed by atoms with van der Waals surface area (Å²) in [6.45, 7) is -0.266. The van der Waals surface area contributed by atoms with Gasteiger partial charge in [-0.15, -0.1) is 0 Å². The van der Waals surface area contributed by atoms with Gasteiger partial charge in [-0.2, -0.15) is 0 Å². The van der Waals surface area contributed by atoms with Gasteiger partial charge in [0.25, 0.3) is 5.91 Å². The summed E-state index contributed by atoms with van der Waals surface area (Å²) >= 11 is 0. The van der Waals surface area contributed by atoms with Crippen molar-refractivity contribution in [3.05, 3.63) is 42.2 Å². The Morgan fingerprint density at radius 1 is 1.23 bits per heavy atom. The van der Waals surface area contributed by atoms with E-state index in [-0.39, 0.29) is 31.2 Å². The van der Waals surface area contributed by atoms with E-state index in [1.54, 1.807) is 30.3 Å². The third-order valence-electron chi connectivity index (χ3n) is 4.27. The lowest BCUT2D eigenvalue weighted by Crippen LogP contribution is -2.26. The van der Waals surface area contributed by atoms with Crippen LogP contribution in [0.15, 0.2) is 36.4 Å². The van der Waals surface area contributed by atoms with Gasteiger partial charge in [0, 0.05) is 11.1 Å². The second-order valence-electron chi connectivity index (χ2n) is 5.98. The number of ether oxygens (including phenoxy) is 2. The van der Waals surface area contributed by atoms with Crippen molar-refractivity contribution in [1.82, 2.24) is 0 Å². The topological polar surface area (TPSA) is 88.1 Å². The van der Waals surface area contributed by atoms with Gasteiger partial charge in [0.1, 0.15) is 11.9 Å². The summed E-state index contributed by atoms with van der Waals surface area (Å²) in [5.74, 6) is -0.409. The van der Waals surface area contributed by atoms with E-state index >= 15 is 0 Å². The van der Waals surface area contributed by atoms with Crippen LogP contribution >= 0.6 is 0 Å². The number of fused-ring (bicyclic) bond motifs is 1. The van der Waals surface area contributed by atoms with Gasteiger partial charge in [0.15, 0.2) is 12.4 Å². The maximum absolute atomic E-state index is 14.8. The number of carbonyl (C=O) groups excluding carboxylic acids is 2. The Labute approximate surface area is 147 Å². The van der Waals surface area contributed by atoms with Crippen molar-refractivity contribution in [1.29, 1.82) is 0 Å². The molecule has 1 fully saturated rings. The molecule has 0 aliphatic carbocycles. The highest BCUT2D eigenvalue weighted by atomic mass is 19.1. The molecule has 2 heterocycles. The van der Waals surface area contributed by atoms with Crippen molar-refractivity contribution < 1.29 is 28.6 Å². The predicted octanol–water partition coefficient (Wildman–Crippen LogP) is 2.14. The highest BCUT2D eigenvalue weighted by Gasteiger charge is 2.32. The molecule has 1 atom stereocenters. The van der Waals surface area contributed by atoms with Crippen molar-refractivity contribution >= 4 is 23.4 Å². The number of amides is 2. The molecule has 7 nitrogen and oxygen atoms in total. The summed E-state index contributed by atoms with van der Waals surface area (Å²) in [5, 5.41) is 11.8. The second kappa shape index (κ2) is 6.30. The quantitative estimate of drug-likeness (QED) is 0.878. The number of nitrogens with one attached hydrogen (secondary N) is 1. The number of carbonyl (C=O) groups is 2. The third kappa shape index (κ3) is 2.74. The second-order valence-corrected chi connectivity index (χ2v) is 5.98. The zero-order valence-corrected chi connectivity index (χ0v) is 13.6. The van der Waals surface area contributed by atoms with Gasteiger partial charge in [-0.1, -0.05) is 12.1 Å². The zero-order chi connectivity index (χ0) is 18.3. The van der Waals surface area contributed by atoms with Gasteiger partial charge < -0.3 is 19.9 Å². The van der Waals surface area contributed by atoms with Gasteiger partial charge in [-0.3, -0.25) is 9.69 Å². The number of anilines is 2. The minimum absolute atomic E-state index is 0.133. The number of hydrogen-bond donors (Lipinski definition) is 2. The fraction of sp³-hybridized carbons (Fsp3) is 0.222. The van der Waals surface area contributed by atoms with Crippen LogP contribution in [0.4, 0.5) is 20.6 Å². The predicted molar refractivity (Wildman–Crippen MR) is 90.7 cm³/mol. The normalized spacial score (nSPS) is 18.8. The first-order chi connectivity index (χ1) is 12.6. The van der Waals surface area contributed by atoms with E-state index in [0.29, 0.717) is 22.7 Å². The van der Waals surface area contributed by atoms with Crippen LogP contribution in [0.3, 0.4) is 0 Å². The van der Waals surface area contributed by atoms with Crippen LogP contribution in [0.5, 0.6) is 5.75 Å². The van der Waals surface area contributed by atoms with Crippen molar-refractivity contribution in [2.45, 2.75) is 6.10 Å². The van der Waals surface area contributed by atoms with Crippen LogP contribution in [0.25, 0.3) is 11.1 Å². The largest absolute Gasteiger partial charge is 0.481 e. The third-order valence-corrected chi connectivity index (χ3v) is 4.27. The Morgan fingerprint density at radius 2 is 2.08 bits per heavy atom. The lowest BCUT2D eigenvalue weighted by atomic mass is 10.0. The Bertz CT molecular complexity index is 901. The molecule has 2 aromatic rings. The van der Waals surface area contributed by atoms with E-state index in [1.165, 1.54) is 11.0 Å². The minimum atomic E-state index is -0.626. The van der Waals surface area contributed by atoms with E-state index in [9.17, 15) is 14.0 Å². The number of nitrogens with zero attached hydrogens (tertiary/aromatic N) is 1. The van der Waals surface area contributed by atoms with E-state index in [4.69, 9.17) is 14.6 Å². The Balaban J connectivity index is 1.69. The van der Waals surface area contributed by atoms with E-state index < -0.39 is 18.0 Å². The molecule has 2 aliphatic heterocycles. The molecule has 0 saturated carbocycles. The molecule has 2 amide bonds. The molecule has 1 saturated heterocycles. The lowest BCUT2D eigenvalue weighted by Gasteiger charge is -2.21. The number of aliphatic hydroxyl groups is 1. The standard InChI is InChI=1S/C18H15FN2O5/c19-14-6-10(21-7-11(8-22)26-18(21)24)4-5-12(14)13-2-1-3-15-17(13)25-9-16(23)20-15/h1-6,11,22H,7-9H2,(H,20,23)/t11-/m1/s1.